The molecule has 2 unspecified atom stereocenters. The number of ether oxygens (including phenoxy) is 10. The molecule has 0 spiro atoms. The molecule has 4 aromatic heterocycles. The van der Waals surface area contributed by atoms with Crippen LogP contribution in [0.3, 0.4) is 0 Å². The van der Waals surface area contributed by atoms with Gasteiger partial charge < -0.3 is 47.4 Å². The Bertz CT molecular complexity index is 5460. The molecule has 0 saturated heterocycles. The third kappa shape index (κ3) is 18.1. The molecule has 14 rings (SSSR count). The molecule has 622 valence electrons. The summed E-state index contributed by atoms with van der Waals surface area (Å²) in [7, 11) is 0. The number of rotatable bonds is 30. The number of benzene rings is 6. The van der Waals surface area contributed by atoms with E-state index in [1.54, 1.807) is 85.1 Å². The minimum atomic E-state index is -0.708. The highest BCUT2D eigenvalue weighted by molar-refractivity contribution is 7.19. The van der Waals surface area contributed by atoms with E-state index in [1.165, 1.54) is 0 Å². The number of aromatic nitrogens is 4. The highest BCUT2D eigenvalue weighted by Gasteiger charge is 2.50. The standard InChI is InChI=1S/C94H96N4O20S2/c1-11-75(99)113-55(3)53-111-79(103)47-45-77(101)109-51-49-59-21-37-67(38-22-59)115-89(105)63-25-29-65(30-26-63)91(107)117-69-41-33-61(34-42-69)85-81-82(84-58(6)88-95(93(7,8)97(84)85)71-17-13-15-19-73(71)120-88)86(98-83(81)57(5)87-96(94(98,9)10)72-18-14-16-20-74(72)119-87)62-35-43-70(44-36-62)118-92(108)66-31-27-64(28-32-66)90(106)116-68-39-23-60(24-40-68)50-52-110-78(102)46-48-80(104)112-54-56(4)114-76(100)12-2/h11-24,33-44,55-56,63-66H,1-2,25-32,45-54H2,3-10H3/q+2. The lowest BCUT2D eigenvalue weighted by Gasteiger charge is -2.31. The van der Waals surface area contributed by atoms with E-state index in [9.17, 15) is 47.9 Å². The van der Waals surface area contributed by atoms with Crippen LogP contribution in [0, 0.1) is 23.7 Å². The summed E-state index contributed by atoms with van der Waals surface area (Å²) in [6, 6.07) is 46.6. The normalized spacial score (nSPS) is 17.3. The van der Waals surface area contributed by atoms with Crippen LogP contribution < -0.4 is 38.8 Å². The van der Waals surface area contributed by atoms with Crippen LogP contribution in [0.4, 0.5) is 0 Å². The Labute approximate surface area is 701 Å². The number of carbonyl (C=O) groups excluding carboxylic acids is 10. The lowest BCUT2D eigenvalue weighted by Crippen LogP contribution is -2.64. The maximum atomic E-state index is 14.2. The molecular formula is C94H96N4O20S2+2. The van der Waals surface area contributed by atoms with E-state index < -0.39 is 83.0 Å². The number of thiazole rings is 2. The number of hydrogen-bond acceptors (Lipinski definition) is 22. The molecule has 120 heavy (non-hydrogen) atoms. The largest absolute Gasteiger partial charge is 0.465 e. The smallest absolute Gasteiger partial charge is 0.330 e. The van der Waals surface area contributed by atoms with Gasteiger partial charge in [0.05, 0.1) is 95.8 Å². The van der Waals surface area contributed by atoms with Crippen molar-refractivity contribution >= 4 is 125 Å². The fourth-order valence-electron chi connectivity index (χ4n) is 16.7. The van der Waals surface area contributed by atoms with Crippen molar-refractivity contribution < 1.29 is 104 Å². The zero-order valence-corrected chi connectivity index (χ0v) is 70.0. The van der Waals surface area contributed by atoms with Gasteiger partial charge in [0.15, 0.2) is 0 Å². The van der Waals surface area contributed by atoms with Crippen LogP contribution in [0.25, 0.3) is 64.9 Å². The minimum Gasteiger partial charge on any atom is -0.465 e. The first kappa shape index (κ1) is 84.3. The number of nitrogens with zero attached hydrogens (tertiary/aromatic N) is 4. The van der Waals surface area contributed by atoms with Gasteiger partial charge in [0, 0.05) is 75.6 Å². The molecule has 6 heterocycles. The molecule has 0 bridgehead atoms. The monoisotopic (exact) mass is 1660 g/mol. The summed E-state index contributed by atoms with van der Waals surface area (Å²) < 4.78 is 67.1. The third-order valence-corrected chi connectivity index (χ3v) is 25.2. The molecule has 0 N–H and O–H groups in total. The second kappa shape index (κ2) is 36.2. The molecule has 26 heteroatoms. The summed E-state index contributed by atoms with van der Waals surface area (Å²) in [6.07, 6.45) is 4.22. The predicted molar refractivity (Wildman–Crippen MR) is 447 cm³/mol. The van der Waals surface area contributed by atoms with Crippen molar-refractivity contribution in [2.45, 2.75) is 169 Å². The summed E-state index contributed by atoms with van der Waals surface area (Å²) in [6.45, 7) is 23.2. The molecule has 2 aliphatic carbocycles. The Morgan fingerprint density at radius 1 is 0.425 bits per heavy atom. The van der Waals surface area contributed by atoms with Crippen LogP contribution in [-0.4, -0.2) is 107 Å². The first-order valence-electron chi connectivity index (χ1n) is 40.6. The van der Waals surface area contributed by atoms with Gasteiger partial charge in [-0.2, -0.15) is 9.13 Å². The van der Waals surface area contributed by atoms with Gasteiger partial charge in [-0.05, 0) is 186 Å². The van der Waals surface area contributed by atoms with Crippen molar-refractivity contribution in [2.24, 2.45) is 23.7 Å². The molecular weight excluding hydrogens is 1570 g/mol. The van der Waals surface area contributed by atoms with Crippen LogP contribution in [0.2, 0.25) is 0 Å². The predicted octanol–water partition coefficient (Wildman–Crippen LogP) is 14.0. The second-order valence-electron chi connectivity index (χ2n) is 31.8. The van der Waals surface area contributed by atoms with E-state index in [1.807, 2.05) is 24.3 Å². The average Bonchev–Trinajstić information content (AvgIpc) is 1.49. The number of hydrogen-bond donors (Lipinski definition) is 0. The second-order valence-corrected chi connectivity index (χ2v) is 33.9. The Morgan fingerprint density at radius 2 is 0.717 bits per heavy atom. The lowest BCUT2D eigenvalue weighted by molar-refractivity contribution is -0.741. The Morgan fingerprint density at radius 3 is 1.02 bits per heavy atom. The molecule has 10 aromatic rings. The first-order chi connectivity index (χ1) is 57.7. The maximum absolute atomic E-state index is 14.2. The summed E-state index contributed by atoms with van der Waals surface area (Å²) in [5.74, 6) is -5.36. The molecule has 2 atom stereocenters. The van der Waals surface area contributed by atoms with E-state index in [0.29, 0.717) is 87.2 Å². The summed E-state index contributed by atoms with van der Waals surface area (Å²) in [4.78, 5) is 127. The van der Waals surface area contributed by atoms with Gasteiger partial charge in [0.2, 0.25) is 22.4 Å². The molecule has 0 amide bonds. The van der Waals surface area contributed by atoms with Gasteiger partial charge in [0.1, 0.15) is 57.8 Å². The number of esters is 10. The fourth-order valence-corrected chi connectivity index (χ4v) is 19.2. The van der Waals surface area contributed by atoms with Crippen LogP contribution in [-0.2, 0) is 101 Å². The van der Waals surface area contributed by atoms with Gasteiger partial charge in [-0.25, -0.2) is 9.59 Å². The molecule has 0 radical (unpaired) electrons. The summed E-state index contributed by atoms with van der Waals surface area (Å²) in [5.41, 5.74) is 8.47. The molecule has 24 nitrogen and oxygen atoms in total. The van der Waals surface area contributed by atoms with Crippen LogP contribution >= 0.6 is 22.7 Å². The van der Waals surface area contributed by atoms with Crippen molar-refractivity contribution in [3.8, 4) is 45.5 Å². The van der Waals surface area contributed by atoms with E-state index in [-0.39, 0.29) is 76.0 Å². The number of fused-ring (bicyclic) bond motifs is 11. The van der Waals surface area contributed by atoms with E-state index in [2.05, 4.69) is 146 Å². The third-order valence-electron chi connectivity index (χ3n) is 22.7. The Hall–Kier alpha value is -12.2. The van der Waals surface area contributed by atoms with Gasteiger partial charge in [-0.1, -0.05) is 84.4 Å². The highest BCUT2D eigenvalue weighted by Crippen LogP contribution is 2.45. The molecule has 2 aliphatic heterocycles. The van der Waals surface area contributed by atoms with Crippen LogP contribution in [0.1, 0.15) is 154 Å². The zero-order valence-electron chi connectivity index (χ0n) is 68.4. The van der Waals surface area contributed by atoms with Gasteiger partial charge in [-0.15, -0.1) is 0 Å². The quantitative estimate of drug-likeness (QED) is 0.0133. The molecule has 6 aromatic carbocycles. The molecule has 2 fully saturated rings. The topological polar surface area (TPSA) is 281 Å². The summed E-state index contributed by atoms with van der Waals surface area (Å²) in [5, 5.41) is 6.50. The lowest BCUT2D eigenvalue weighted by atomic mass is 9.82. The highest BCUT2D eigenvalue weighted by atomic mass is 32.1. The zero-order chi connectivity index (χ0) is 84.8. The van der Waals surface area contributed by atoms with Gasteiger partial charge >= 0.3 is 59.7 Å². The Balaban J connectivity index is 0.651. The van der Waals surface area contributed by atoms with Crippen molar-refractivity contribution in [3.05, 3.63) is 203 Å². The average molecular weight is 1670 g/mol. The van der Waals surface area contributed by atoms with Crippen molar-refractivity contribution in [1.82, 2.24) is 9.13 Å². The van der Waals surface area contributed by atoms with E-state index in [4.69, 9.17) is 47.4 Å². The van der Waals surface area contributed by atoms with Crippen molar-refractivity contribution in [1.29, 1.82) is 0 Å². The van der Waals surface area contributed by atoms with Crippen LogP contribution in [0.5, 0.6) is 23.0 Å². The number of carbonyl (C=O) groups is 10. The Kier molecular flexibility index (Phi) is 25.4. The van der Waals surface area contributed by atoms with Crippen molar-refractivity contribution in [2.75, 3.05) is 26.4 Å². The van der Waals surface area contributed by atoms with Gasteiger partial charge in [-0.3, -0.25) is 47.5 Å². The van der Waals surface area contributed by atoms with E-state index in [0.717, 1.165) is 109 Å². The van der Waals surface area contributed by atoms with Gasteiger partial charge in [0.25, 0.3) is 10.0 Å². The maximum Gasteiger partial charge on any atom is 0.330 e. The SMILES string of the molecule is C=CC(=O)OC(C)COC(=O)CCC(=O)OCCc1ccc(OC(=O)C2CCC(C(=O)Oc3ccc(-c4c5c6n(c(-c7ccc(OC(=O)C8CCC(C(=O)Oc9ccc(CCOC(=O)CCC(=O)OCC(C)OC(=O)C=C)cc9)CC8)cc7)c5c5n4C(C)(C)[n+]4c(sc7ccccc74)C=5C)C(C)(C)[n+]4c(sc5ccccc54)C=6C)cc3)CC2)cc1. The minimum absolute atomic E-state index is 0.0695. The van der Waals surface area contributed by atoms with E-state index >= 15 is 0 Å². The van der Waals surface area contributed by atoms with Crippen LogP contribution in [0.15, 0.2) is 171 Å². The fraction of sp³-hybridized carbons (Fsp3) is 0.362. The first-order valence-corrected chi connectivity index (χ1v) is 42.3. The summed E-state index contributed by atoms with van der Waals surface area (Å²) >= 11 is 3.55. The number of para-hydroxylation sites is 2. The van der Waals surface area contributed by atoms with Crippen molar-refractivity contribution in [3.63, 3.8) is 0 Å². The molecule has 4 aliphatic rings. The molecule has 2 saturated carbocycles.